The number of ether oxygens (including phenoxy) is 4. The molecule has 6 nitrogen and oxygen atoms in total. The van der Waals surface area contributed by atoms with Gasteiger partial charge in [-0.3, -0.25) is 0 Å². The predicted molar refractivity (Wildman–Crippen MR) is 51.0 cm³/mol. The average Bonchev–Trinajstić information content (AvgIpc) is 2.25. The lowest BCUT2D eigenvalue weighted by atomic mass is 10.6. The van der Waals surface area contributed by atoms with Gasteiger partial charge >= 0.3 is 5.97 Å². The Kier molecular flexibility index (Phi) is 8.21. The van der Waals surface area contributed by atoms with E-state index < -0.39 is 18.5 Å². The fourth-order valence-corrected chi connectivity index (χ4v) is 0.855. The number of carbonyl (C=O) groups is 1. The first-order valence-electron chi connectivity index (χ1n) is 4.76. The number of aliphatic hydroxyl groups excluding tert-OH is 1. The highest BCUT2D eigenvalue weighted by Crippen LogP contribution is 1.99. The number of hydrogen-bond donors (Lipinski definition) is 1. The van der Waals surface area contributed by atoms with Crippen molar-refractivity contribution in [1.82, 2.24) is 0 Å². The van der Waals surface area contributed by atoms with Crippen molar-refractivity contribution in [2.75, 3.05) is 26.9 Å². The summed E-state index contributed by atoms with van der Waals surface area (Å²) < 4.78 is 19.3. The number of carbonyl (C=O) groups excluding carboxylic acids is 1. The predicted octanol–water partition coefficient (Wildman–Crippen LogP) is -0.107. The van der Waals surface area contributed by atoms with E-state index in [1.54, 1.807) is 0 Å². The summed E-state index contributed by atoms with van der Waals surface area (Å²) in [5.74, 6) is -0.846. The van der Waals surface area contributed by atoms with Gasteiger partial charge in [-0.15, -0.1) is 0 Å². The quantitative estimate of drug-likeness (QED) is 0.456. The van der Waals surface area contributed by atoms with Crippen LogP contribution in [0, 0.1) is 0 Å². The lowest BCUT2D eigenvalue weighted by Crippen LogP contribution is -2.31. The molecule has 15 heavy (non-hydrogen) atoms. The second kappa shape index (κ2) is 8.60. The second-order valence-electron chi connectivity index (χ2n) is 2.55. The Bertz CT molecular complexity index is 166. The third kappa shape index (κ3) is 6.40. The van der Waals surface area contributed by atoms with Crippen LogP contribution in [-0.2, 0) is 23.7 Å². The van der Waals surface area contributed by atoms with Crippen molar-refractivity contribution in [3.63, 3.8) is 0 Å². The van der Waals surface area contributed by atoms with Crippen LogP contribution in [0.15, 0.2) is 0 Å². The van der Waals surface area contributed by atoms with Crippen molar-refractivity contribution < 1.29 is 28.8 Å². The Morgan fingerprint density at radius 2 is 1.73 bits per heavy atom. The van der Waals surface area contributed by atoms with Crippen molar-refractivity contribution >= 4 is 5.97 Å². The van der Waals surface area contributed by atoms with Crippen LogP contribution in [0.4, 0.5) is 0 Å². The monoisotopic (exact) mass is 222 g/mol. The summed E-state index contributed by atoms with van der Waals surface area (Å²) in [5.41, 5.74) is 0. The van der Waals surface area contributed by atoms with Gasteiger partial charge in [0.15, 0.2) is 6.29 Å². The molecule has 0 fully saturated rings. The van der Waals surface area contributed by atoms with E-state index in [-0.39, 0.29) is 6.61 Å². The summed E-state index contributed by atoms with van der Waals surface area (Å²) in [7, 11) is 1.16. The molecule has 0 heterocycles. The molecule has 6 heteroatoms. The van der Waals surface area contributed by atoms with E-state index in [1.807, 2.05) is 13.8 Å². The fraction of sp³-hybridized carbons (Fsp3) is 0.889. The van der Waals surface area contributed by atoms with Gasteiger partial charge in [0.2, 0.25) is 0 Å². The lowest BCUT2D eigenvalue weighted by molar-refractivity contribution is -0.214. The highest BCUT2D eigenvalue weighted by Gasteiger charge is 2.18. The first kappa shape index (κ1) is 14.3. The van der Waals surface area contributed by atoms with Crippen LogP contribution >= 0.6 is 0 Å². The van der Waals surface area contributed by atoms with Gasteiger partial charge in [-0.25, -0.2) is 4.79 Å². The summed E-state index contributed by atoms with van der Waals surface area (Å²) in [4.78, 5) is 10.8. The van der Waals surface area contributed by atoms with Crippen molar-refractivity contribution in [3.05, 3.63) is 0 Å². The minimum absolute atomic E-state index is 0.0298. The zero-order valence-electron chi connectivity index (χ0n) is 9.26. The molecule has 0 aliphatic carbocycles. The SMILES string of the molecule is CCOC(CO[C@@H](O)C(=O)OC)OCC. The third-order valence-corrected chi connectivity index (χ3v) is 1.50. The van der Waals surface area contributed by atoms with E-state index in [2.05, 4.69) is 4.74 Å². The van der Waals surface area contributed by atoms with Crippen LogP contribution in [0.25, 0.3) is 0 Å². The normalized spacial score (nSPS) is 12.9. The molecule has 90 valence electrons. The van der Waals surface area contributed by atoms with Crippen LogP contribution < -0.4 is 0 Å². The van der Waals surface area contributed by atoms with Gasteiger partial charge < -0.3 is 24.1 Å². The van der Waals surface area contributed by atoms with Gasteiger partial charge in [-0.05, 0) is 13.8 Å². The Morgan fingerprint density at radius 3 is 2.13 bits per heavy atom. The van der Waals surface area contributed by atoms with E-state index in [0.717, 1.165) is 7.11 Å². The first-order valence-corrected chi connectivity index (χ1v) is 4.76. The summed E-state index contributed by atoms with van der Waals surface area (Å²) in [6.07, 6.45) is -2.18. The van der Waals surface area contributed by atoms with E-state index >= 15 is 0 Å². The van der Waals surface area contributed by atoms with Gasteiger partial charge in [-0.2, -0.15) is 0 Å². The maximum atomic E-state index is 10.8. The summed E-state index contributed by atoms with van der Waals surface area (Å²) in [6.45, 7) is 4.51. The number of rotatable bonds is 8. The molecule has 1 atom stereocenters. The van der Waals surface area contributed by atoms with Crippen molar-refractivity contribution in [1.29, 1.82) is 0 Å². The van der Waals surface area contributed by atoms with Crippen molar-refractivity contribution in [2.45, 2.75) is 26.4 Å². The number of esters is 1. The molecular weight excluding hydrogens is 204 g/mol. The molecule has 0 saturated heterocycles. The maximum Gasteiger partial charge on any atom is 0.363 e. The third-order valence-electron chi connectivity index (χ3n) is 1.50. The van der Waals surface area contributed by atoms with E-state index in [4.69, 9.17) is 19.3 Å². The van der Waals surface area contributed by atoms with Crippen LogP contribution in [-0.4, -0.2) is 50.6 Å². The summed E-state index contributed by atoms with van der Waals surface area (Å²) in [5, 5.41) is 9.10. The zero-order valence-corrected chi connectivity index (χ0v) is 9.26. The zero-order chi connectivity index (χ0) is 11.7. The van der Waals surface area contributed by atoms with Gasteiger partial charge in [0.25, 0.3) is 6.29 Å². The van der Waals surface area contributed by atoms with E-state index in [1.165, 1.54) is 0 Å². The molecule has 0 rings (SSSR count). The fourth-order valence-electron chi connectivity index (χ4n) is 0.855. The molecule has 0 aliphatic heterocycles. The Morgan fingerprint density at radius 1 is 1.20 bits per heavy atom. The molecule has 0 bridgehead atoms. The minimum atomic E-state index is -1.60. The number of hydrogen-bond acceptors (Lipinski definition) is 6. The molecule has 1 N–H and O–H groups in total. The highest BCUT2D eigenvalue weighted by molar-refractivity contribution is 5.72. The Balaban J connectivity index is 3.81. The number of aliphatic hydroxyl groups is 1. The summed E-state index contributed by atoms with van der Waals surface area (Å²) in [6, 6.07) is 0. The van der Waals surface area contributed by atoms with Crippen LogP contribution in [0.2, 0.25) is 0 Å². The maximum absolute atomic E-state index is 10.8. The molecule has 0 radical (unpaired) electrons. The van der Waals surface area contributed by atoms with Gasteiger partial charge in [0.05, 0.1) is 7.11 Å². The molecule has 0 aromatic rings. The van der Waals surface area contributed by atoms with E-state index in [0.29, 0.717) is 13.2 Å². The molecule has 0 aromatic heterocycles. The van der Waals surface area contributed by atoms with Crippen molar-refractivity contribution in [2.24, 2.45) is 0 Å². The molecule has 0 amide bonds. The Hall–Kier alpha value is -0.690. The standard InChI is InChI=1S/C9H18O6/c1-4-13-7(14-5-2)6-15-9(11)8(10)12-3/h7,9,11H,4-6H2,1-3H3/t9-/m1/s1. The molecule has 0 unspecified atom stereocenters. The van der Waals surface area contributed by atoms with Crippen LogP contribution in [0.1, 0.15) is 13.8 Å². The average molecular weight is 222 g/mol. The Labute approximate surface area is 89.1 Å². The van der Waals surface area contributed by atoms with Gasteiger partial charge in [-0.1, -0.05) is 0 Å². The second-order valence-corrected chi connectivity index (χ2v) is 2.55. The van der Waals surface area contributed by atoms with Gasteiger partial charge in [0, 0.05) is 13.2 Å². The molecule has 0 aromatic carbocycles. The molecule has 0 saturated carbocycles. The van der Waals surface area contributed by atoms with Crippen LogP contribution in [0.3, 0.4) is 0 Å². The smallest absolute Gasteiger partial charge is 0.363 e. The minimum Gasteiger partial charge on any atom is -0.465 e. The molecule has 0 spiro atoms. The van der Waals surface area contributed by atoms with E-state index in [9.17, 15) is 4.79 Å². The number of methoxy groups -OCH3 is 1. The van der Waals surface area contributed by atoms with Crippen LogP contribution in [0.5, 0.6) is 0 Å². The van der Waals surface area contributed by atoms with Crippen molar-refractivity contribution in [3.8, 4) is 0 Å². The largest absolute Gasteiger partial charge is 0.465 e. The lowest BCUT2D eigenvalue weighted by Gasteiger charge is -2.18. The summed E-state index contributed by atoms with van der Waals surface area (Å²) >= 11 is 0. The highest BCUT2D eigenvalue weighted by atomic mass is 16.7. The first-order chi connectivity index (χ1) is 7.15. The van der Waals surface area contributed by atoms with Gasteiger partial charge in [0.1, 0.15) is 6.61 Å². The topological polar surface area (TPSA) is 74.2 Å². The molecule has 0 aliphatic rings. The molecular formula is C9H18O6.